The topological polar surface area (TPSA) is 55.8 Å². The number of halogens is 2. The number of rotatable bonds is 5. The first-order valence-corrected chi connectivity index (χ1v) is 7.53. The van der Waals surface area contributed by atoms with Gasteiger partial charge in [-0.1, -0.05) is 11.6 Å². The van der Waals surface area contributed by atoms with Crippen molar-refractivity contribution in [3.8, 4) is 11.5 Å². The second-order valence-corrected chi connectivity index (χ2v) is 6.06. The highest BCUT2D eigenvalue weighted by molar-refractivity contribution is 9.10. The number of carboxylic acid groups (broad SMARTS) is 1. The Morgan fingerprint density at radius 2 is 2.25 bits per heavy atom. The molecule has 1 aromatic heterocycles. The van der Waals surface area contributed by atoms with Crippen molar-refractivity contribution in [1.29, 1.82) is 0 Å². The lowest BCUT2D eigenvalue weighted by Crippen LogP contribution is -2.05. The number of hydrogen-bond acceptors (Lipinski definition) is 4. The predicted octanol–water partition coefficient (Wildman–Crippen LogP) is 4.45. The molecular weight excluding hydrogens is 368 g/mol. The summed E-state index contributed by atoms with van der Waals surface area (Å²) in [6.45, 7) is 0.247. The fourth-order valence-electron chi connectivity index (χ4n) is 1.59. The molecule has 7 heteroatoms. The van der Waals surface area contributed by atoms with Gasteiger partial charge in [-0.2, -0.15) is 0 Å². The monoisotopic (exact) mass is 376 g/mol. The Labute approximate surface area is 133 Å². The second-order valence-electron chi connectivity index (χ2n) is 3.77. The molecule has 0 spiro atoms. The van der Waals surface area contributed by atoms with Crippen molar-refractivity contribution in [2.75, 3.05) is 7.11 Å². The van der Waals surface area contributed by atoms with E-state index < -0.39 is 5.97 Å². The first kappa shape index (κ1) is 15.2. The zero-order valence-electron chi connectivity index (χ0n) is 10.4. The Morgan fingerprint density at radius 3 is 2.80 bits per heavy atom. The molecular formula is C13H10BrClO4S. The zero-order valence-corrected chi connectivity index (χ0v) is 13.5. The average Bonchev–Trinajstić information content (AvgIpc) is 2.81. The molecule has 2 aromatic rings. The van der Waals surface area contributed by atoms with Crippen LogP contribution in [0.1, 0.15) is 15.2 Å². The van der Waals surface area contributed by atoms with E-state index in [2.05, 4.69) is 15.9 Å². The molecule has 0 saturated heterocycles. The van der Waals surface area contributed by atoms with Gasteiger partial charge in [-0.15, -0.1) is 11.3 Å². The van der Waals surface area contributed by atoms with Gasteiger partial charge in [0.15, 0.2) is 11.5 Å². The van der Waals surface area contributed by atoms with E-state index in [0.29, 0.717) is 5.75 Å². The molecule has 0 radical (unpaired) electrons. The van der Waals surface area contributed by atoms with Gasteiger partial charge >= 0.3 is 5.97 Å². The maximum Gasteiger partial charge on any atom is 0.339 e. The van der Waals surface area contributed by atoms with Crippen molar-refractivity contribution in [3.63, 3.8) is 0 Å². The summed E-state index contributed by atoms with van der Waals surface area (Å²) in [5, 5.41) is 11.4. The predicted molar refractivity (Wildman–Crippen MR) is 81.3 cm³/mol. The van der Waals surface area contributed by atoms with Crippen LogP contribution >= 0.6 is 38.9 Å². The number of aromatic carboxylic acids is 1. The largest absolute Gasteiger partial charge is 0.493 e. The third kappa shape index (κ3) is 3.26. The first-order valence-electron chi connectivity index (χ1n) is 5.48. The Balaban J connectivity index is 2.34. The summed E-state index contributed by atoms with van der Waals surface area (Å²) in [5.41, 5.74) is -0.0259. The van der Waals surface area contributed by atoms with E-state index in [1.54, 1.807) is 0 Å². The van der Waals surface area contributed by atoms with Crippen LogP contribution in [0.4, 0.5) is 0 Å². The van der Waals surface area contributed by atoms with Gasteiger partial charge in [0.25, 0.3) is 0 Å². The van der Waals surface area contributed by atoms with E-state index in [1.165, 1.54) is 30.6 Å². The van der Waals surface area contributed by atoms with Crippen LogP contribution in [-0.4, -0.2) is 18.2 Å². The quantitative estimate of drug-likeness (QED) is 0.836. The van der Waals surface area contributed by atoms with Crippen LogP contribution in [0, 0.1) is 0 Å². The molecule has 0 unspecified atom stereocenters. The van der Waals surface area contributed by atoms with Crippen LogP contribution in [0.25, 0.3) is 0 Å². The van der Waals surface area contributed by atoms with Crippen molar-refractivity contribution in [2.45, 2.75) is 6.61 Å². The highest BCUT2D eigenvalue weighted by Gasteiger charge is 2.19. The molecule has 0 bridgehead atoms. The maximum atomic E-state index is 11.3. The molecule has 0 atom stereocenters. The minimum absolute atomic E-state index is 0.0259. The number of ether oxygens (including phenoxy) is 2. The van der Waals surface area contributed by atoms with Gasteiger partial charge in [-0.05, 0) is 33.4 Å². The summed E-state index contributed by atoms with van der Waals surface area (Å²) in [6, 6.07) is 4.76. The number of benzene rings is 1. The van der Waals surface area contributed by atoms with E-state index in [1.807, 2.05) is 11.4 Å². The lowest BCUT2D eigenvalue weighted by atomic mass is 10.2. The summed E-state index contributed by atoms with van der Waals surface area (Å²) < 4.78 is 11.7. The highest BCUT2D eigenvalue weighted by Crippen LogP contribution is 2.36. The molecule has 106 valence electrons. The van der Waals surface area contributed by atoms with Crippen molar-refractivity contribution >= 4 is 44.8 Å². The first-order chi connectivity index (χ1) is 9.52. The molecule has 2 rings (SSSR count). The molecule has 1 N–H and O–H groups in total. The van der Waals surface area contributed by atoms with E-state index in [4.69, 9.17) is 21.1 Å². The minimum Gasteiger partial charge on any atom is -0.493 e. The average molecular weight is 378 g/mol. The van der Waals surface area contributed by atoms with Crippen LogP contribution in [0.15, 0.2) is 28.1 Å². The SMILES string of the molecule is COc1cc(Cl)cc(C(=O)O)c1OCc1sccc1Br. The molecule has 0 aliphatic heterocycles. The van der Waals surface area contributed by atoms with Gasteiger partial charge in [0.05, 0.1) is 12.0 Å². The van der Waals surface area contributed by atoms with Gasteiger partial charge < -0.3 is 14.6 Å². The van der Waals surface area contributed by atoms with Gasteiger partial charge in [-0.25, -0.2) is 4.79 Å². The van der Waals surface area contributed by atoms with Gasteiger partial charge in [0.2, 0.25) is 0 Å². The van der Waals surface area contributed by atoms with Crippen molar-refractivity contribution in [1.82, 2.24) is 0 Å². The third-order valence-electron chi connectivity index (χ3n) is 2.51. The van der Waals surface area contributed by atoms with Crippen molar-refractivity contribution in [3.05, 3.63) is 43.5 Å². The van der Waals surface area contributed by atoms with E-state index in [-0.39, 0.29) is 22.9 Å². The van der Waals surface area contributed by atoms with E-state index >= 15 is 0 Å². The second kappa shape index (κ2) is 6.47. The number of thiophene rings is 1. The molecule has 0 aliphatic carbocycles. The molecule has 1 heterocycles. The smallest absolute Gasteiger partial charge is 0.339 e. The Bertz CT molecular complexity index is 641. The normalized spacial score (nSPS) is 10.3. The van der Waals surface area contributed by atoms with Gasteiger partial charge in [-0.3, -0.25) is 0 Å². The molecule has 0 saturated carbocycles. The molecule has 20 heavy (non-hydrogen) atoms. The van der Waals surface area contributed by atoms with Crippen LogP contribution in [0.3, 0.4) is 0 Å². The standard InChI is InChI=1S/C13H10BrClO4S/c1-18-10-5-7(15)4-8(13(16)17)12(10)19-6-11-9(14)2-3-20-11/h2-5H,6H2,1H3,(H,16,17). The summed E-state index contributed by atoms with van der Waals surface area (Å²) >= 11 is 10.8. The summed E-state index contributed by atoms with van der Waals surface area (Å²) in [7, 11) is 1.44. The van der Waals surface area contributed by atoms with Crippen LogP contribution in [-0.2, 0) is 6.61 Å². The Hall–Kier alpha value is -1.24. The van der Waals surface area contributed by atoms with Crippen molar-refractivity contribution < 1.29 is 19.4 Å². The summed E-state index contributed by atoms with van der Waals surface area (Å²) in [5.74, 6) is -0.654. The van der Waals surface area contributed by atoms with Crippen LogP contribution in [0.2, 0.25) is 5.02 Å². The van der Waals surface area contributed by atoms with Crippen LogP contribution in [0.5, 0.6) is 11.5 Å². The molecule has 0 aliphatic rings. The maximum absolute atomic E-state index is 11.3. The molecule has 4 nitrogen and oxygen atoms in total. The Kier molecular flexibility index (Phi) is 4.91. The number of methoxy groups -OCH3 is 1. The Morgan fingerprint density at radius 1 is 1.50 bits per heavy atom. The van der Waals surface area contributed by atoms with E-state index in [9.17, 15) is 9.90 Å². The van der Waals surface area contributed by atoms with Crippen molar-refractivity contribution in [2.24, 2.45) is 0 Å². The third-order valence-corrected chi connectivity index (χ3v) is 4.63. The summed E-state index contributed by atoms with van der Waals surface area (Å²) in [4.78, 5) is 12.2. The number of carbonyl (C=O) groups is 1. The molecule has 1 aromatic carbocycles. The number of carboxylic acids is 1. The molecule has 0 fully saturated rings. The number of hydrogen-bond donors (Lipinski definition) is 1. The lowest BCUT2D eigenvalue weighted by molar-refractivity contribution is 0.0691. The van der Waals surface area contributed by atoms with Crippen LogP contribution < -0.4 is 9.47 Å². The fraction of sp³-hybridized carbons (Fsp3) is 0.154. The minimum atomic E-state index is -1.12. The summed E-state index contributed by atoms with van der Waals surface area (Å²) in [6.07, 6.45) is 0. The lowest BCUT2D eigenvalue weighted by Gasteiger charge is -2.13. The van der Waals surface area contributed by atoms with Gasteiger partial charge in [0.1, 0.15) is 12.2 Å². The van der Waals surface area contributed by atoms with Gasteiger partial charge in [0, 0.05) is 15.6 Å². The molecule has 0 amide bonds. The highest BCUT2D eigenvalue weighted by atomic mass is 79.9. The zero-order chi connectivity index (χ0) is 14.7. The van der Waals surface area contributed by atoms with E-state index in [0.717, 1.165) is 9.35 Å². The fourth-order valence-corrected chi connectivity index (χ4v) is 3.18.